The minimum atomic E-state index is -0.118. The number of phenols is 2. The van der Waals surface area contributed by atoms with Gasteiger partial charge in [-0.1, -0.05) is 90.5 Å². The fourth-order valence-electron chi connectivity index (χ4n) is 7.19. The number of unbranched alkanes of at least 4 members (excludes halogenated alkanes) is 2. The van der Waals surface area contributed by atoms with Crippen LogP contribution in [-0.2, 0) is 9.59 Å². The van der Waals surface area contributed by atoms with Gasteiger partial charge in [0.25, 0.3) is 11.8 Å². The van der Waals surface area contributed by atoms with E-state index in [-0.39, 0.29) is 23.3 Å². The van der Waals surface area contributed by atoms with Crippen molar-refractivity contribution in [3.05, 3.63) is 93.7 Å². The summed E-state index contributed by atoms with van der Waals surface area (Å²) in [7, 11) is 0. The normalized spacial score (nSPS) is 15.8. The van der Waals surface area contributed by atoms with E-state index in [0.29, 0.717) is 47.5 Å². The third-order valence-corrected chi connectivity index (χ3v) is 12.4. The summed E-state index contributed by atoms with van der Waals surface area (Å²) in [6, 6.07) is 22.5. The van der Waals surface area contributed by atoms with Crippen LogP contribution in [0.2, 0.25) is 0 Å². The SMILES string of the molecule is CCCCC(CC)CN1C(=O)C2=C(c3ccc(-c4ccccc4O)s3)N(CC(CC)CCCC)C(=O)C2=C1c1ccc(-c2ccccc2O)s1. The predicted molar refractivity (Wildman–Crippen MR) is 207 cm³/mol. The summed E-state index contributed by atoms with van der Waals surface area (Å²) in [6.07, 6.45) is 8.27. The first-order valence-corrected chi connectivity index (χ1v) is 19.8. The Morgan fingerprint density at radius 2 is 0.940 bits per heavy atom. The van der Waals surface area contributed by atoms with Crippen molar-refractivity contribution in [2.24, 2.45) is 11.8 Å². The minimum absolute atomic E-state index is 0.118. The molecular formula is C42H48N2O4S2. The second-order valence-corrected chi connectivity index (χ2v) is 15.6. The summed E-state index contributed by atoms with van der Waals surface area (Å²) in [6.45, 7) is 9.84. The average molecular weight is 709 g/mol. The number of carbonyl (C=O) groups is 2. The van der Waals surface area contributed by atoms with Crippen LogP contribution < -0.4 is 0 Å². The third kappa shape index (κ3) is 6.93. The first-order chi connectivity index (χ1) is 24.3. The van der Waals surface area contributed by atoms with Gasteiger partial charge in [-0.2, -0.15) is 0 Å². The van der Waals surface area contributed by atoms with Gasteiger partial charge in [0.1, 0.15) is 11.5 Å². The van der Waals surface area contributed by atoms with Crippen LogP contribution in [0, 0.1) is 11.8 Å². The number of amides is 2. The van der Waals surface area contributed by atoms with E-state index in [1.165, 1.54) is 22.7 Å². The van der Waals surface area contributed by atoms with Crippen LogP contribution in [0.15, 0.2) is 83.9 Å². The number of rotatable bonds is 16. The summed E-state index contributed by atoms with van der Waals surface area (Å²) in [5, 5.41) is 21.3. The lowest BCUT2D eigenvalue weighted by Crippen LogP contribution is -2.34. The Bertz CT molecular complexity index is 1780. The Morgan fingerprint density at radius 3 is 1.30 bits per heavy atom. The van der Waals surface area contributed by atoms with Gasteiger partial charge in [-0.3, -0.25) is 9.59 Å². The van der Waals surface area contributed by atoms with Gasteiger partial charge in [0, 0.05) is 34.0 Å². The van der Waals surface area contributed by atoms with Crippen LogP contribution >= 0.6 is 22.7 Å². The van der Waals surface area contributed by atoms with Crippen LogP contribution in [0.4, 0.5) is 0 Å². The first kappa shape index (κ1) is 35.7. The number of carbonyl (C=O) groups excluding carboxylic acids is 2. The highest BCUT2D eigenvalue weighted by Gasteiger charge is 2.50. The van der Waals surface area contributed by atoms with Gasteiger partial charge in [0.05, 0.1) is 32.3 Å². The molecule has 2 atom stereocenters. The van der Waals surface area contributed by atoms with E-state index < -0.39 is 0 Å². The van der Waals surface area contributed by atoms with Crippen molar-refractivity contribution >= 4 is 45.9 Å². The molecule has 8 heteroatoms. The molecule has 2 aromatic heterocycles. The molecule has 0 saturated heterocycles. The van der Waals surface area contributed by atoms with Gasteiger partial charge < -0.3 is 20.0 Å². The molecule has 4 aromatic rings. The summed E-state index contributed by atoms with van der Waals surface area (Å²) < 4.78 is 0. The maximum absolute atomic E-state index is 14.9. The van der Waals surface area contributed by atoms with Crippen LogP contribution in [0.25, 0.3) is 32.3 Å². The van der Waals surface area contributed by atoms with Crippen LogP contribution in [0.5, 0.6) is 11.5 Å². The quantitative estimate of drug-likeness (QED) is 0.121. The molecule has 6 rings (SSSR count). The van der Waals surface area contributed by atoms with Crippen molar-refractivity contribution in [1.82, 2.24) is 9.80 Å². The van der Waals surface area contributed by atoms with Gasteiger partial charge in [-0.05, 0) is 73.2 Å². The number of benzene rings is 2. The zero-order chi connectivity index (χ0) is 35.4. The summed E-state index contributed by atoms with van der Waals surface area (Å²) in [5.74, 6) is 0.762. The van der Waals surface area contributed by atoms with Gasteiger partial charge in [-0.15, -0.1) is 22.7 Å². The Kier molecular flexibility index (Phi) is 11.3. The second-order valence-electron chi connectivity index (χ2n) is 13.5. The van der Waals surface area contributed by atoms with Crippen molar-refractivity contribution in [3.8, 4) is 32.4 Å². The zero-order valence-corrected chi connectivity index (χ0v) is 31.2. The highest BCUT2D eigenvalue weighted by atomic mass is 32.1. The smallest absolute Gasteiger partial charge is 0.261 e. The van der Waals surface area contributed by atoms with Crippen molar-refractivity contribution in [1.29, 1.82) is 0 Å². The fraction of sp³-hybridized carbons (Fsp3) is 0.381. The van der Waals surface area contributed by atoms with Crippen molar-refractivity contribution in [3.63, 3.8) is 0 Å². The third-order valence-electron chi connectivity index (χ3n) is 10.2. The maximum Gasteiger partial charge on any atom is 0.261 e. The number of hydrogen-bond acceptors (Lipinski definition) is 6. The van der Waals surface area contributed by atoms with Gasteiger partial charge in [0.15, 0.2) is 0 Å². The monoisotopic (exact) mass is 708 g/mol. The molecule has 0 bridgehead atoms. The predicted octanol–water partition coefficient (Wildman–Crippen LogP) is 10.8. The molecule has 50 heavy (non-hydrogen) atoms. The molecule has 2 aliphatic heterocycles. The Balaban J connectivity index is 1.53. The number of phenolic OH excluding ortho intramolecular Hbond substituents is 2. The van der Waals surface area contributed by atoms with E-state index in [9.17, 15) is 19.8 Å². The first-order valence-electron chi connectivity index (χ1n) is 18.2. The summed E-state index contributed by atoms with van der Waals surface area (Å²) in [4.78, 5) is 37.1. The summed E-state index contributed by atoms with van der Waals surface area (Å²) >= 11 is 3.01. The number of nitrogens with zero attached hydrogens (tertiary/aromatic N) is 2. The number of hydrogen-bond donors (Lipinski definition) is 2. The van der Waals surface area contributed by atoms with Crippen molar-refractivity contribution in [2.75, 3.05) is 13.1 Å². The van der Waals surface area contributed by atoms with E-state index in [1.807, 2.05) is 58.3 Å². The lowest BCUT2D eigenvalue weighted by atomic mass is 9.98. The minimum Gasteiger partial charge on any atom is -0.507 e. The molecule has 0 saturated carbocycles. The van der Waals surface area contributed by atoms with Gasteiger partial charge in [-0.25, -0.2) is 0 Å². The highest BCUT2D eigenvalue weighted by Crippen LogP contribution is 2.51. The van der Waals surface area contributed by atoms with E-state index in [1.54, 1.807) is 24.3 Å². The van der Waals surface area contributed by atoms with Gasteiger partial charge >= 0.3 is 0 Å². The van der Waals surface area contributed by atoms with Crippen LogP contribution in [-0.4, -0.2) is 44.9 Å². The van der Waals surface area contributed by atoms with Crippen molar-refractivity contribution < 1.29 is 19.8 Å². The lowest BCUT2D eigenvalue weighted by molar-refractivity contribution is -0.124. The maximum atomic E-state index is 14.9. The molecule has 0 aliphatic carbocycles. The Morgan fingerprint density at radius 1 is 0.560 bits per heavy atom. The van der Waals surface area contributed by atoms with Crippen LogP contribution in [0.3, 0.4) is 0 Å². The number of para-hydroxylation sites is 2. The molecule has 2 aliphatic rings. The van der Waals surface area contributed by atoms with Crippen LogP contribution in [0.1, 0.15) is 88.8 Å². The molecule has 2 amide bonds. The highest BCUT2D eigenvalue weighted by molar-refractivity contribution is 7.17. The Labute approximate surface area is 304 Å². The zero-order valence-electron chi connectivity index (χ0n) is 29.6. The van der Waals surface area contributed by atoms with Crippen molar-refractivity contribution in [2.45, 2.75) is 79.1 Å². The van der Waals surface area contributed by atoms with E-state index in [4.69, 9.17) is 0 Å². The number of aromatic hydroxyl groups is 2. The molecule has 0 radical (unpaired) electrons. The lowest BCUT2D eigenvalue weighted by Gasteiger charge is -2.29. The molecule has 0 spiro atoms. The molecular weight excluding hydrogens is 661 g/mol. The standard InChI is InChI=1S/C42H48N2O4S2/c1-5-9-15-27(7-3)25-43-39(35-23-21-33(49-35)29-17-11-13-19-31(29)45)37-38(41(43)47)40(44(42(37)48)26-28(8-4)16-10-6-2)36-24-22-34(50-36)30-18-12-14-20-32(30)46/h11-14,17-24,27-28,45-46H,5-10,15-16,25-26H2,1-4H3. The average Bonchev–Trinajstić information content (AvgIpc) is 3.91. The van der Waals surface area contributed by atoms with E-state index in [0.717, 1.165) is 82.0 Å². The molecule has 4 heterocycles. The Hall–Kier alpha value is -4.14. The molecule has 262 valence electrons. The van der Waals surface area contributed by atoms with Gasteiger partial charge in [0.2, 0.25) is 0 Å². The summed E-state index contributed by atoms with van der Waals surface area (Å²) in [5.41, 5.74) is 3.82. The molecule has 0 fully saturated rings. The number of fused-ring (bicyclic) bond motifs is 1. The topological polar surface area (TPSA) is 81.1 Å². The van der Waals surface area contributed by atoms with E-state index >= 15 is 0 Å². The molecule has 2 unspecified atom stereocenters. The molecule has 6 nitrogen and oxygen atoms in total. The largest absolute Gasteiger partial charge is 0.507 e. The van der Waals surface area contributed by atoms with E-state index in [2.05, 4.69) is 27.7 Å². The number of thiophene rings is 2. The molecule has 2 aromatic carbocycles. The molecule has 2 N–H and O–H groups in total. The fourth-order valence-corrected chi connectivity index (χ4v) is 9.39. The second kappa shape index (κ2) is 15.8.